The standard InChI is InChI=1S/C18H21ClN2O4S/c1-24-16-6-7-17(25-2)18(13-16)26(22,23)21-10-8-20(9-11-21)15-5-3-4-14(19)12-15/h3-7,12-13H,8-11H2,1-2H3. The second-order valence-electron chi connectivity index (χ2n) is 5.89. The molecule has 1 aliphatic rings. The minimum atomic E-state index is -3.68. The first-order valence-corrected chi connectivity index (χ1v) is 10.00. The molecule has 0 aliphatic carbocycles. The van der Waals surface area contributed by atoms with Gasteiger partial charge in [0.15, 0.2) is 0 Å². The number of piperazine rings is 1. The van der Waals surface area contributed by atoms with E-state index < -0.39 is 10.0 Å². The van der Waals surface area contributed by atoms with Crippen LogP contribution < -0.4 is 14.4 Å². The number of benzene rings is 2. The highest BCUT2D eigenvalue weighted by atomic mass is 35.5. The molecule has 0 N–H and O–H groups in total. The van der Waals surface area contributed by atoms with Crippen molar-refractivity contribution >= 4 is 27.3 Å². The maximum absolute atomic E-state index is 13.1. The minimum Gasteiger partial charge on any atom is -0.497 e. The van der Waals surface area contributed by atoms with Gasteiger partial charge < -0.3 is 14.4 Å². The maximum atomic E-state index is 13.1. The highest BCUT2D eigenvalue weighted by Gasteiger charge is 2.31. The fraction of sp³-hybridized carbons (Fsp3) is 0.333. The maximum Gasteiger partial charge on any atom is 0.247 e. The average Bonchev–Trinajstić information content (AvgIpc) is 2.67. The van der Waals surface area contributed by atoms with Crippen molar-refractivity contribution in [3.8, 4) is 11.5 Å². The van der Waals surface area contributed by atoms with Crippen LogP contribution in [-0.2, 0) is 10.0 Å². The van der Waals surface area contributed by atoms with E-state index in [0.29, 0.717) is 42.7 Å². The van der Waals surface area contributed by atoms with Gasteiger partial charge in [-0.05, 0) is 30.3 Å². The summed E-state index contributed by atoms with van der Waals surface area (Å²) >= 11 is 6.05. The first kappa shape index (κ1) is 18.8. The average molecular weight is 397 g/mol. The fourth-order valence-corrected chi connectivity index (χ4v) is 4.76. The summed E-state index contributed by atoms with van der Waals surface area (Å²) in [7, 11) is -0.717. The van der Waals surface area contributed by atoms with Gasteiger partial charge in [-0.2, -0.15) is 4.31 Å². The quantitative estimate of drug-likeness (QED) is 0.777. The van der Waals surface area contributed by atoms with Crippen LogP contribution in [0.4, 0.5) is 5.69 Å². The molecule has 0 aromatic heterocycles. The van der Waals surface area contributed by atoms with Crippen LogP contribution in [0.5, 0.6) is 11.5 Å². The molecule has 2 aromatic carbocycles. The van der Waals surface area contributed by atoms with Gasteiger partial charge in [-0.15, -0.1) is 0 Å². The first-order valence-electron chi connectivity index (χ1n) is 8.18. The van der Waals surface area contributed by atoms with Crippen LogP contribution in [-0.4, -0.2) is 53.1 Å². The van der Waals surface area contributed by atoms with Gasteiger partial charge >= 0.3 is 0 Å². The predicted octanol–water partition coefficient (Wildman–Crippen LogP) is 2.87. The summed E-state index contributed by atoms with van der Waals surface area (Å²) in [5.74, 6) is 0.782. The number of anilines is 1. The Kier molecular flexibility index (Phi) is 5.60. The zero-order valence-corrected chi connectivity index (χ0v) is 16.3. The first-order chi connectivity index (χ1) is 12.5. The molecule has 0 atom stereocenters. The van der Waals surface area contributed by atoms with Crippen molar-refractivity contribution in [3.63, 3.8) is 0 Å². The van der Waals surface area contributed by atoms with Crippen LogP contribution in [0.15, 0.2) is 47.4 Å². The lowest BCUT2D eigenvalue weighted by Gasteiger charge is -2.35. The molecule has 1 aliphatic heterocycles. The lowest BCUT2D eigenvalue weighted by molar-refractivity contribution is 0.371. The molecule has 6 nitrogen and oxygen atoms in total. The van der Waals surface area contributed by atoms with Crippen LogP contribution in [0.2, 0.25) is 5.02 Å². The number of methoxy groups -OCH3 is 2. The molecule has 0 radical (unpaired) electrons. The summed E-state index contributed by atoms with van der Waals surface area (Å²) in [6.07, 6.45) is 0. The van der Waals surface area contributed by atoms with Crippen molar-refractivity contribution in [2.24, 2.45) is 0 Å². The lowest BCUT2D eigenvalue weighted by atomic mass is 10.2. The van der Waals surface area contributed by atoms with Crippen LogP contribution in [0, 0.1) is 0 Å². The van der Waals surface area contributed by atoms with E-state index in [1.165, 1.54) is 24.6 Å². The van der Waals surface area contributed by atoms with Gasteiger partial charge in [-0.25, -0.2) is 8.42 Å². The molecule has 1 saturated heterocycles. The van der Waals surface area contributed by atoms with Crippen molar-refractivity contribution in [1.29, 1.82) is 0 Å². The van der Waals surface area contributed by atoms with Gasteiger partial charge in [0.2, 0.25) is 10.0 Å². The SMILES string of the molecule is COc1ccc(OC)c(S(=O)(=O)N2CCN(c3cccc(Cl)c3)CC2)c1. The van der Waals surface area contributed by atoms with E-state index in [4.69, 9.17) is 21.1 Å². The van der Waals surface area contributed by atoms with E-state index in [2.05, 4.69) is 4.90 Å². The smallest absolute Gasteiger partial charge is 0.247 e. The second-order valence-corrected chi connectivity index (χ2v) is 8.23. The van der Waals surface area contributed by atoms with Gasteiger partial charge in [0.1, 0.15) is 16.4 Å². The van der Waals surface area contributed by atoms with Crippen LogP contribution >= 0.6 is 11.6 Å². The molecule has 8 heteroatoms. The Morgan fingerprint density at radius 1 is 0.962 bits per heavy atom. The predicted molar refractivity (Wildman–Crippen MR) is 102 cm³/mol. The van der Waals surface area contributed by atoms with E-state index >= 15 is 0 Å². The van der Waals surface area contributed by atoms with E-state index in [1.54, 1.807) is 12.1 Å². The number of nitrogens with zero attached hydrogens (tertiary/aromatic N) is 2. The highest BCUT2D eigenvalue weighted by Crippen LogP contribution is 2.31. The van der Waals surface area contributed by atoms with Gasteiger partial charge in [0.05, 0.1) is 14.2 Å². The molecule has 0 unspecified atom stereocenters. The van der Waals surface area contributed by atoms with Crippen molar-refractivity contribution in [1.82, 2.24) is 4.31 Å². The van der Waals surface area contributed by atoms with Gasteiger partial charge in [0, 0.05) is 43.0 Å². The van der Waals surface area contributed by atoms with Crippen LogP contribution in [0.25, 0.3) is 0 Å². The van der Waals surface area contributed by atoms with E-state index in [0.717, 1.165) is 5.69 Å². The summed E-state index contributed by atoms with van der Waals surface area (Å²) in [6.45, 7) is 1.95. The van der Waals surface area contributed by atoms with Gasteiger partial charge in [-0.3, -0.25) is 0 Å². The number of halogens is 1. The molecular formula is C18H21ClN2O4S. The third kappa shape index (κ3) is 3.75. The Bertz CT molecular complexity index is 881. The van der Waals surface area contributed by atoms with Crippen molar-refractivity contribution in [2.75, 3.05) is 45.3 Å². The molecule has 0 spiro atoms. The number of ether oxygens (including phenoxy) is 2. The summed E-state index contributed by atoms with van der Waals surface area (Å²) in [4.78, 5) is 2.25. The van der Waals surface area contributed by atoms with E-state index in [9.17, 15) is 8.42 Å². The Hall–Kier alpha value is -1.96. The normalized spacial score (nSPS) is 15.7. The van der Waals surface area contributed by atoms with E-state index in [1.807, 2.05) is 24.3 Å². The Balaban J connectivity index is 1.80. The molecule has 2 aromatic rings. The van der Waals surface area contributed by atoms with Crippen LogP contribution in [0.1, 0.15) is 0 Å². The number of hydrogen-bond acceptors (Lipinski definition) is 5. The minimum absolute atomic E-state index is 0.121. The fourth-order valence-electron chi connectivity index (χ4n) is 2.98. The molecule has 0 saturated carbocycles. The molecule has 0 amide bonds. The molecule has 1 heterocycles. The summed E-state index contributed by atoms with van der Waals surface area (Å²) < 4.78 is 38.0. The van der Waals surface area contributed by atoms with Gasteiger partial charge in [0.25, 0.3) is 0 Å². The van der Waals surface area contributed by atoms with Crippen molar-refractivity contribution in [3.05, 3.63) is 47.5 Å². The zero-order chi connectivity index (χ0) is 18.7. The third-order valence-corrected chi connectivity index (χ3v) is 6.56. The second kappa shape index (κ2) is 7.73. The zero-order valence-electron chi connectivity index (χ0n) is 14.7. The summed E-state index contributed by atoms with van der Waals surface area (Å²) in [5.41, 5.74) is 0.994. The molecule has 26 heavy (non-hydrogen) atoms. The number of rotatable bonds is 5. The van der Waals surface area contributed by atoms with Crippen molar-refractivity contribution in [2.45, 2.75) is 4.90 Å². The van der Waals surface area contributed by atoms with E-state index in [-0.39, 0.29) is 4.90 Å². The topological polar surface area (TPSA) is 59.1 Å². The molecule has 0 bridgehead atoms. The molecule has 1 fully saturated rings. The molecule has 140 valence electrons. The van der Waals surface area contributed by atoms with Crippen LogP contribution in [0.3, 0.4) is 0 Å². The highest BCUT2D eigenvalue weighted by molar-refractivity contribution is 7.89. The third-order valence-electron chi connectivity index (χ3n) is 4.40. The number of hydrogen-bond donors (Lipinski definition) is 0. The molecule has 3 rings (SSSR count). The largest absolute Gasteiger partial charge is 0.497 e. The number of sulfonamides is 1. The van der Waals surface area contributed by atoms with Crippen molar-refractivity contribution < 1.29 is 17.9 Å². The summed E-state index contributed by atoms with van der Waals surface area (Å²) in [5, 5.41) is 0.665. The molecular weight excluding hydrogens is 376 g/mol. The summed E-state index contributed by atoms with van der Waals surface area (Å²) in [6, 6.07) is 12.3. The Labute approximate surface area is 158 Å². The lowest BCUT2D eigenvalue weighted by Crippen LogP contribution is -2.48. The Morgan fingerprint density at radius 2 is 1.69 bits per heavy atom. The van der Waals surface area contributed by atoms with Gasteiger partial charge in [-0.1, -0.05) is 17.7 Å². The Morgan fingerprint density at radius 3 is 2.31 bits per heavy atom. The monoisotopic (exact) mass is 396 g/mol.